The van der Waals surface area contributed by atoms with Gasteiger partial charge >= 0.3 is 6.09 Å². The van der Waals surface area contributed by atoms with E-state index >= 15 is 0 Å². The molecule has 0 fully saturated rings. The molecule has 3 N–H and O–H groups in total. The van der Waals surface area contributed by atoms with Gasteiger partial charge < -0.3 is 25.4 Å². The van der Waals surface area contributed by atoms with Crippen LogP contribution in [0.4, 0.5) is 10.5 Å². The van der Waals surface area contributed by atoms with Gasteiger partial charge in [0.2, 0.25) is 5.91 Å². The fourth-order valence-corrected chi connectivity index (χ4v) is 4.42. The summed E-state index contributed by atoms with van der Waals surface area (Å²) in [6.45, 7) is 13.0. The Morgan fingerprint density at radius 3 is 2.15 bits per heavy atom. The summed E-state index contributed by atoms with van der Waals surface area (Å²) in [4.78, 5) is 41.7. The molecule has 0 spiro atoms. The predicted molar refractivity (Wildman–Crippen MR) is 155 cm³/mol. The van der Waals surface area contributed by atoms with Crippen molar-refractivity contribution >= 4 is 23.6 Å². The van der Waals surface area contributed by atoms with Crippen LogP contribution in [-0.2, 0) is 14.3 Å². The molecule has 0 saturated carbocycles. The summed E-state index contributed by atoms with van der Waals surface area (Å²) in [6, 6.07) is 10.2. The van der Waals surface area contributed by atoms with Crippen molar-refractivity contribution in [3.63, 3.8) is 0 Å². The first-order valence-corrected chi connectivity index (χ1v) is 13.8. The number of benzene rings is 2. The van der Waals surface area contributed by atoms with E-state index in [1.165, 1.54) is 11.0 Å². The van der Waals surface area contributed by atoms with Crippen LogP contribution in [0.25, 0.3) is 0 Å². The third kappa shape index (κ3) is 9.61. The van der Waals surface area contributed by atoms with E-state index < -0.39 is 35.6 Å². The van der Waals surface area contributed by atoms with Crippen molar-refractivity contribution in [2.24, 2.45) is 0 Å². The number of hydrogen-bond donors (Lipinski definition) is 3. The van der Waals surface area contributed by atoms with Gasteiger partial charge in [-0.15, -0.1) is 0 Å². The number of rotatable bonds is 12. The molecule has 0 aliphatic rings. The second-order valence-electron chi connectivity index (χ2n) is 11.0. The first-order chi connectivity index (χ1) is 18.4. The first-order valence-electron chi connectivity index (χ1n) is 13.8. The van der Waals surface area contributed by atoms with E-state index in [4.69, 9.17) is 4.74 Å². The third-order valence-electron chi connectivity index (χ3n) is 6.41. The lowest BCUT2D eigenvalue weighted by molar-refractivity contribution is -0.140. The van der Waals surface area contributed by atoms with Crippen LogP contribution < -0.4 is 10.6 Å². The largest absolute Gasteiger partial charge is 0.508 e. The Hall–Kier alpha value is -3.55. The minimum Gasteiger partial charge on any atom is -0.508 e. The summed E-state index contributed by atoms with van der Waals surface area (Å²) < 4.78 is 5.34. The van der Waals surface area contributed by atoms with Gasteiger partial charge in [0.25, 0.3) is 5.91 Å². The van der Waals surface area contributed by atoms with Crippen LogP contribution in [0.15, 0.2) is 42.5 Å². The van der Waals surface area contributed by atoms with Crippen LogP contribution in [0.3, 0.4) is 0 Å². The molecule has 0 aromatic heterocycles. The van der Waals surface area contributed by atoms with Gasteiger partial charge in [-0.1, -0.05) is 69.0 Å². The number of hydrogen-bond acceptors (Lipinski definition) is 5. The maximum Gasteiger partial charge on any atom is 0.408 e. The number of phenols is 1. The monoisotopic (exact) mass is 539 g/mol. The number of ether oxygens (including phenoxy) is 1. The van der Waals surface area contributed by atoms with Crippen molar-refractivity contribution in [1.82, 2.24) is 10.2 Å². The third-order valence-corrected chi connectivity index (χ3v) is 6.41. The maximum atomic E-state index is 14.0. The second kappa shape index (κ2) is 14.6. The van der Waals surface area contributed by atoms with E-state index in [1.807, 2.05) is 32.0 Å². The number of anilines is 1. The zero-order valence-electron chi connectivity index (χ0n) is 24.5. The van der Waals surface area contributed by atoms with Crippen molar-refractivity contribution in [1.29, 1.82) is 0 Å². The number of phenolic OH excluding ortho intramolecular Hbond substituents is 1. The molecule has 0 radical (unpaired) electrons. The van der Waals surface area contributed by atoms with E-state index in [9.17, 15) is 19.5 Å². The fraction of sp³-hybridized carbons (Fsp3) is 0.516. The van der Waals surface area contributed by atoms with Gasteiger partial charge in [0, 0.05) is 17.8 Å². The number of alkyl carbamates (subject to hydrolysis) is 1. The lowest BCUT2D eigenvalue weighted by Gasteiger charge is -2.34. The van der Waals surface area contributed by atoms with Crippen LogP contribution in [0.1, 0.15) is 89.5 Å². The number of aromatic hydroxyl groups is 1. The van der Waals surface area contributed by atoms with Crippen LogP contribution >= 0.6 is 0 Å². The van der Waals surface area contributed by atoms with Crippen molar-refractivity contribution in [3.05, 3.63) is 59.2 Å². The Morgan fingerprint density at radius 1 is 0.949 bits per heavy atom. The van der Waals surface area contributed by atoms with Crippen LogP contribution in [0, 0.1) is 13.8 Å². The molecule has 2 aromatic carbocycles. The Labute approximate surface area is 233 Å². The molecular weight excluding hydrogens is 494 g/mol. The molecular formula is C31H45N3O5. The Bertz CT molecular complexity index is 1110. The highest BCUT2D eigenvalue weighted by Crippen LogP contribution is 2.32. The molecule has 0 bridgehead atoms. The normalized spacial score (nSPS) is 12.8. The standard InChI is InChI=1S/C31H45N3O5/c1-8-9-10-11-14-20-34(29(37)23(4)32-30(38)39-31(5,6)7)27(24-18-12-13-19-25(24)35)28(36)33-26-21(2)16-15-17-22(26)3/h12-13,15-19,23,27,35H,8-11,14,20H2,1-7H3,(H,32,38)(H,33,36). The number of unbranched alkanes of at least 4 members (excludes halogenated alkanes) is 4. The molecule has 0 heterocycles. The number of carbonyl (C=O) groups excluding carboxylic acids is 3. The number of carbonyl (C=O) groups is 3. The number of nitrogens with zero attached hydrogens (tertiary/aromatic N) is 1. The zero-order valence-corrected chi connectivity index (χ0v) is 24.5. The molecule has 2 unspecified atom stereocenters. The SMILES string of the molecule is CCCCCCCN(C(=O)C(C)NC(=O)OC(C)(C)C)C(C(=O)Nc1c(C)cccc1C)c1ccccc1O. The molecule has 39 heavy (non-hydrogen) atoms. The molecule has 8 heteroatoms. The quantitative estimate of drug-likeness (QED) is 0.271. The van der Waals surface area contributed by atoms with E-state index in [0.717, 1.165) is 36.8 Å². The first kappa shape index (κ1) is 31.7. The fourth-order valence-electron chi connectivity index (χ4n) is 4.42. The average molecular weight is 540 g/mol. The summed E-state index contributed by atoms with van der Waals surface area (Å²) in [5.41, 5.74) is 2.02. The van der Waals surface area contributed by atoms with Gasteiger partial charge in [-0.3, -0.25) is 9.59 Å². The number of aryl methyl sites for hydroxylation is 2. The van der Waals surface area contributed by atoms with E-state index in [0.29, 0.717) is 17.7 Å². The van der Waals surface area contributed by atoms with E-state index in [-0.39, 0.29) is 12.3 Å². The number of para-hydroxylation sites is 2. The molecule has 0 aliphatic carbocycles. The number of amides is 3. The minimum atomic E-state index is -1.12. The van der Waals surface area contributed by atoms with Gasteiger partial charge in [0.15, 0.2) is 0 Å². The molecule has 2 aromatic rings. The molecule has 2 atom stereocenters. The predicted octanol–water partition coefficient (Wildman–Crippen LogP) is 6.40. The van der Waals surface area contributed by atoms with Crippen molar-refractivity contribution in [2.75, 3.05) is 11.9 Å². The van der Waals surface area contributed by atoms with Gasteiger partial charge in [-0.25, -0.2) is 4.79 Å². The maximum absolute atomic E-state index is 14.0. The number of nitrogens with one attached hydrogen (secondary N) is 2. The van der Waals surface area contributed by atoms with E-state index in [2.05, 4.69) is 17.6 Å². The Morgan fingerprint density at radius 2 is 1.56 bits per heavy atom. The smallest absolute Gasteiger partial charge is 0.408 e. The van der Waals surface area contributed by atoms with Crippen LogP contribution in [0.2, 0.25) is 0 Å². The zero-order chi connectivity index (χ0) is 29.2. The second-order valence-corrected chi connectivity index (χ2v) is 11.0. The van der Waals surface area contributed by atoms with Gasteiger partial charge in [0.05, 0.1) is 0 Å². The molecule has 2 rings (SSSR count). The van der Waals surface area contributed by atoms with E-state index in [1.54, 1.807) is 45.9 Å². The minimum absolute atomic E-state index is 0.0873. The van der Waals surface area contributed by atoms with Crippen molar-refractivity contribution in [3.8, 4) is 5.75 Å². The molecule has 3 amide bonds. The van der Waals surface area contributed by atoms with Crippen LogP contribution in [0.5, 0.6) is 5.75 Å². The molecule has 0 aliphatic heterocycles. The lowest BCUT2D eigenvalue weighted by atomic mass is 10.00. The average Bonchev–Trinajstić information content (AvgIpc) is 2.84. The molecule has 8 nitrogen and oxygen atoms in total. The Kier molecular flexibility index (Phi) is 11.8. The Balaban J connectivity index is 2.47. The highest BCUT2D eigenvalue weighted by Gasteiger charge is 2.36. The molecule has 0 saturated heterocycles. The highest BCUT2D eigenvalue weighted by molar-refractivity contribution is 6.00. The summed E-state index contributed by atoms with van der Waals surface area (Å²) in [6.07, 6.45) is 4.02. The summed E-state index contributed by atoms with van der Waals surface area (Å²) in [7, 11) is 0. The van der Waals surface area contributed by atoms with Crippen molar-refractivity contribution < 1.29 is 24.2 Å². The summed E-state index contributed by atoms with van der Waals surface area (Å²) in [5.74, 6) is -0.975. The van der Waals surface area contributed by atoms with Gasteiger partial charge in [-0.2, -0.15) is 0 Å². The summed E-state index contributed by atoms with van der Waals surface area (Å²) in [5, 5.41) is 16.4. The van der Waals surface area contributed by atoms with Crippen LogP contribution in [-0.4, -0.2) is 46.1 Å². The van der Waals surface area contributed by atoms with Crippen molar-refractivity contribution in [2.45, 2.75) is 98.3 Å². The van der Waals surface area contributed by atoms with Gasteiger partial charge in [-0.05, 0) is 65.2 Å². The topological polar surface area (TPSA) is 108 Å². The lowest BCUT2D eigenvalue weighted by Crippen LogP contribution is -2.51. The highest BCUT2D eigenvalue weighted by atomic mass is 16.6. The summed E-state index contributed by atoms with van der Waals surface area (Å²) >= 11 is 0. The van der Waals surface area contributed by atoms with Gasteiger partial charge in [0.1, 0.15) is 23.4 Å². The molecule has 214 valence electrons.